The van der Waals surface area contributed by atoms with Crippen LogP contribution in [0.3, 0.4) is 0 Å². The molecular weight excluding hydrogens is 276 g/mol. The number of nitrogens with zero attached hydrogens (tertiary/aromatic N) is 2. The molecule has 0 aromatic heterocycles. The Hall–Kier alpha value is -1.55. The SMILES string of the molecule is CN1C2CCC1CC(N1CC(C)(C(=O)O)c3ccccc31)C2. The fraction of sp³-hybridized carbons (Fsp3) is 0.611. The quantitative estimate of drug-likeness (QED) is 0.911. The summed E-state index contributed by atoms with van der Waals surface area (Å²) in [6, 6.07) is 9.91. The Labute approximate surface area is 131 Å². The summed E-state index contributed by atoms with van der Waals surface area (Å²) in [4.78, 5) is 16.8. The summed E-state index contributed by atoms with van der Waals surface area (Å²) in [7, 11) is 2.25. The summed E-state index contributed by atoms with van der Waals surface area (Å²) in [5.41, 5.74) is 1.34. The summed E-state index contributed by atoms with van der Waals surface area (Å²) < 4.78 is 0. The van der Waals surface area contributed by atoms with Gasteiger partial charge in [0.2, 0.25) is 0 Å². The molecule has 1 aromatic carbocycles. The fourth-order valence-corrected chi connectivity index (χ4v) is 4.85. The van der Waals surface area contributed by atoms with Gasteiger partial charge in [0.15, 0.2) is 0 Å². The zero-order valence-electron chi connectivity index (χ0n) is 13.3. The van der Waals surface area contributed by atoms with E-state index < -0.39 is 11.4 Å². The third kappa shape index (κ3) is 1.83. The van der Waals surface area contributed by atoms with Gasteiger partial charge in [-0.15, -0.1) is 0 Å². The second-order valence-corrected chi connectivity index (χ2v) is 7.46. The number of fused-ring (bicyclic) bond motifs is 3. The van der Waals surface area contributed by atoms with E-state index in [0.717, 1.165) is 24.1 Å². The minimum Gasteiger partial charge on any atom is -0.481 e. The molecule has 0 saturated carbocycles. The first-order chi connectivity index (χ1) is 10.5. The van der Waals surface area contributed by atoms with Crippen molar-refractivity contribution in [3.8, 4) is 0 Å². The van der Waals surface area contributed by atoms with Crippen LogP contribution < -0.4 is 4.90 Å². The molecule has 4 rings (SSSR count). The second kappa shape index (κ2) is 4.72. The molecule has 0 aliphatic carbocycles. The lowest BCUT2D eigenvalue weighted by Gasteiger charge is -2.41. The van der Waals surface area contributed by atoms with Crippen LogP contribution in [0.15, 0.2) is 24.3 Å². The first-order valence-electron chi connectivity index (χ1n) is 8.32. The van der Waals surface area contributed by atoms with E-state index in [1.165, 1.54) is 12.8 Å². The van der Waals surface area contributed by atoms with Gasteiger partial charge in [-0.25, -0.2) is 0 Å². The predicted molar refractivity (Wildman–Crippen MR) is 86.4 cm³/mol. The van der Waals surface area contributed by atoms with Crippen LogP contribution in [-0.2, 0) is 10.2 Å². The predicted octanol–water partition coefficient (Wildman–Crippen LogP) is 2.47. The largest absolute Gasteiger partial charge is 0.481 e. The third-order valence-corrected chi connectivity index (χ3v) is 6.28. The van der Waals surface area contributed by atoms with E-state index in [4.69, 9.17) is 0 Å². The second-order valence-electron chi connectivity index (χ2n) is 7.46. The van der Waals surface area contributed by atoms with Crippen LogP contribution in [0.5, 0.6) is 0 Å². The molecule has 22 heavy (non-hydrogen) atoms. The van der Waals surface area contributed by atoms with Crippen molar-refractivity contribution >= 4 is 11.7 Å². The van der Waals surface area contributed by atoms with Gasteiger partial charge in [-0.2, -0.15) is 0 Å². The Balaban J connectivity index is 1.68. The molecule has 3 aliphatic rings. The molecule has 3 unspecified atom stereocenters. The number of carboxylic acids is 1. The molecule has 2 bridgehead atoms. The number of carbonyl (C=O) groups is 1. The lowest BCUT2D eigenvalue weighted by Crippen LogP contribution is -2.50. The number of carboxylic acid groups (broad SMARTS) is 1. The fourth-order valence-electron chi connectivity index (χ4n) is 4.85. The molecule has 4 heteroatoms. The van der Waals surface area contributed by atoms with Gasteiger partial charge in [0.05, 0.1) is 0 Å². The summed E-state index contributed by atoms with van der Waals surface area (Å²) in [5, 5.41) is 9.76. The van der Waals surface area contributed by atoms with Crippen LogP contribution in [-0.4, -0.2) is 47.7 Å². The summed E-state index contributed by atoms with van der Waals surface area (Å²) in [6.07, 6.45) is 4.92. The minimum absolute atomic E-state index is 0.482. The van der Waals surface area contributed by atoms with Crippen molar-refractivity contribution in [2.24, 2.45) is 0 Å². The smallest absolute Gasteiger partial charge is 0.315 e. The molecular formula is C18H24N2O2. The summed E-state index contributed by atoms with van der Waals surface area (Å²) in [6.45, 7) is 2.48. The highest BCUT2D eigenvalue weighted by molar-refractivity contribution is 5.87. The number of aliphatic carboxylic acids is 1. The molecule has 0 spiro atoms. The molecule has 0 radical (unpaired) electrons. The Kier molecular flexibility index (Phi) is 3.02. The average Bonchev–Trinajstić information content (AvgIpc) is 2.90. The summed E-state index contributed by atoms with van der Waals surface area (Å²) in [5.74, 6) is -0.710. The Morgan fingerprint density at radius 3 is 2.45 bits per heavy atom. The maximum absolute atomic E-state index is 11.9. The Morgan fingerprint density at radius 2 is 1.82 bits per heavy atom. The zero-order chi connectivity index (χ0) is 15.5. The van der Waals surface area contributed by atoms with E-state index in [1.807, 2.05) is 25.1 Å². The van der Waals surface area contributed by atoms with Gasteiger partial charge in [0, 0.05) is 30.4 Å². The average molecular weight is 300 g/mol. The lowest BCUT2D eigenvalue weighted by atomic mass is 9.85. The monoisotopic (exact) mass is 300 g/mol. The van der Waals surface area contributed by atoms with Gasteiger partial charge < -0.3 is 14.9 Å². The van der Waals surface area contributed by atoms with Crippen LogP contribution in [0.1, 0.15) is 38.2 Å². The van der Waals surface area contributed by atoms with Gasteiger partial charge >= 0.3 is 5.97 Å². The number of para-hydroxylation sites is 1. The van der Waals surface area contributed by atoms with Crippen LogP contribution in [0, 0.1) is 0 Å². The first-order valence-corrected chi connectivity index (χ1v) is 8.32. The van der Waals surface area contributed by atoms with Crippen molar-refractivity contribution in [1.29, 1.82) is 0 Å². The normalized spacial score (nSPS) is 37.4. The van der Waals surface area contributed by atoms with Gasteiger partial charge in [-0.3, -0.25) is 4.79 Å². The van der Waals surface area contributed by atoms with Gasteiger partial charge in [-0.1, -0.05) is 18.2 Å². The van der Waals surface area contributed by atoms with Crippen LogP contribution >= 0.6 is 0 Å². The molecule has 1 aromatic rings. The molecule has 4 nitrogen and oxygen atoms in total. The number of rotatable bonds is 2. The standard InChI is InChI=1S/C18H24N2O2/c1-18(17(21)22)11-20(16-6-4-3-5-15(16)18)14-9-12-7-8-13(10-14)19(12)2/h3-6,12-14H,7-11H2,1-2H3,(H,21,22). The molecule has 3 aliphatic heterocycles. The maximum atomic E-state index is 11.9. The molecule has 2 fully saturated rings. The van der Waals surface area contributed by atoms with Gasteiger partial charge in [0.1, 0.15) is 5.41 Å². The maximum Gasteiger partial charge on any atom is 0.315 e. The highest BCUT2D eigenvalue weighted by Crippen LogP contribution is 2.45. The van der Waals surface area contributed by atoms with E-state index in [9.17, 15) is 9.90 Å². The van der Waals surface area contributed by atoms with Gasteiger partial charge in [-0.05, 0) is 51.3 Å². The van der Waals surface area contributed by atoms with Crippen molar-refractivity contribution in [3.05, 3.63) is 29.8 Å². The number of hydrogen-bond donors (Lipinski definition) is 1. The topological polar surface area (TPSA) is 43.8 Å². The van der Waals surface area contributed by atoms with Crippen molar-refractivity contribution in [3.63, 3.8) is 0 Å². The molecule has 3 heterocycles. The van der Waals surface area contributed by atoms with Crippen LogP contribution in [0.25, 0.3) is 0 Å². The van der Waals surface area contributed by atoms with Crippen molar-refractivity contribution < 1.29 is 9.90 Å². The number of hydrogen-bond acceptors (Lipinski definition) is 3. The van der Waals surface area contributed by atoms with E-state index in [0.29, 0.717) is 24.7 Å². The van der Waals surface area contributed by atoms with E-state index >= 15 is 0 Å². The van der Waals surface area contributed by atoms with Crippen molar-refractivity contribution in [1.82, 2.24) is 4.90 Å². The first kappa shape index (κ1) is 14.1. The van der Waals surface area contributed by atoms with E-state index in [2.05, 4.69) is 22.9 Å². The highest BCUT2D eigenvalue weighted by atomic mass is 16.4. The highest BCUT2D eigenvalue weighted by Gasteiger charge is 2.49. The van der Waals surface area contributed by atoms with Gasteiger partial charge in [0.25, 0.3) is 0 Å². The molecule has 2 saturated heterocycles. The molecule has 118 valence electrons. The third-order valence-electron chi connectivity index (χ3n) is 6.28. The number of benzene rings is 1. The molecule has 3 atom stereocenters. The van der Waals surface area contributed by atoms with Crippen LogP contribution in [0.4, 0.5) is 5.69 Å². The Bertz CT molecular complexity index is 603. The number of piperidine rings is 1. The van der Waals surface area contributed by atoms with Crippen molar-refractivity contribution in [2.75, 3.05) is 18.5 Å². The Morgan fingerprint density at radius 1 is 1.18 bits per heavy atom. The molecule has 0 amide bonds. The van der Waals surface area contributed by atoms with Crippen LogP contribution in [0.2, 0.25) is 0 Å². The minimum atomic E-state index is -0.779. The zero-order valence-corrected chi connectivity index (χ0v) is 13.3. The van der Waals surface area contributed by atoms with Crippen molar-refractivity contribution in [2.45, 2.75) is 56.1 Å². The number of anilines is 1. The summed E-state index contributed by atoms with van der Waals surface area (Å²) >= 11 is 0. The lowest BCUT2D eigenvalue weighted by molar-refractivity contribution is -0.142. The molecule has 1 N–H and O–H groups in total. The van der Waals surface area contributed by atoms with E-state index in [1.54, 1.807) is 0 Å². The van der Waals surface area contributed by atoms with E-state index in [-0.39, 0.29) is 0 Å².